The summed E-state index contributed by atoms with van der Waals surface area (Å²) in [5.74, 6) is 2.34. The van der Waals surface area contributed by atoms with Gasteiger partial charge in [-0.05, 0) is 71.6 Å². The summed E-state index contributed by atoms with van der Waals surface area (Å²) in [6.07, 6.45) is 17.1. The minimum absolute atomic E-state index is 0.0633. The van der Waals surface area contributed by atoms with Crippen molar-refractivity contribution >= 4 is 0 Å². The summed E-state index contributed by atoms with van der Waals surface area (Å²) >= 11 is 0. The third kappa shape index (κ3) is 6.26. The van der Waals surface area contributed by atoms with Crippen molar-refractivity contribution in [3.8, 4) is 0 Å². The number of methoxy groups -OCH3 is 2. The number of hydrogen-bond donors (Lipinski definition) is 0. The van der Waals surface area contributed by atoms with Gasteiger partial charge in [-0.1, -0.05) is 52.4 Å². The molecule has 2 rings (SSSR count). The van der Waals surface area contributed by atoms with Gasteiger partial charge in [-0.25, -0.2) is 0 Å². The lowest BCUT2D eigenvalue weighted by Crippen LogP contribution is -2.37. The van der Waals surface area contributed by atoms with Gasteiger partial charge in [0.15, 0.2) is 0 Å². The van der Waals surface area contributed by atoms with Crippen LogP contribution in [0, 0.1) is 10.8 Å². The highest BCUT2D eigenvalue weighted by molar-refractivity contribution is 5.35. The number of rotatable bonds is 14. The molecule has 0 aromatic rings. The molecule has 0 unspecified atom stereocenters. The molecule has 0 saturated carbocycles. The fourth-order valence-corrected chi connectivity index (χ4v) is 5.42. The Morgan fingerprint density at radius 3 is 1.93 bits per heavy atom. The largest absolute Gasteiger partial charge is 0.500 e. The van der Waals surface area contributed by atoms with E-state index in [4.69, 9.17) is 9.47 Å². The SMILES string of the molecule is CCCCCC1(CCCCC)C(OC)=CC2(C=C1OC)CCN(CCCN(C)C)C2. The predicted molar refractivity (Wildman–Crippen MR) is 128 cm³/mol. The molecule has 0 radical (unpaired) electrons. The highest BCUT2D eigenvalue weighted by atomic mass is 16.5. The van der Waals surface area contributed by atoms with Gasteiger partial charge in [-0.3, -0.25) is 0 Å². The molecule has 1 saturated heterocycles. The molecule has 1 aliphatic carbocycles. The zero-order chi connectivity index (χ0) is 22.0. The lowest BCUT2D eigenvalue weighted by molar-refractivity contribution is 0.0906. The Balaban J connectivity index is 2.23. The summed E-state index contributed by atoms with van der Waals surface area (Å²) in [6, 6.07) is 0. The summed E-state index contributed by atoms with van der Waals surface area (Å²) in [6.45, 7) is 9.13. The minimum Gasteiger partial charge on any atom is -0.500 e. The van der Waals surface area contributed by atoms with Gasteiger partial charge in [0.25, 0.3) is 0 Å². The Labute approximate surface area is 186 Å². The zero-order valence-corrected chi connectivity index (χ0v) is 20.8. The molecule has 0 amide bonds. The molecule has 30 heavy (non-hydrogen) atoms. The quantitative estimate of drug-likeness (QED) is 0.329. The molecule has 0 aromatic carbocycles. The second kappa shape index (κ2) is 12.1. The van der Waals surface area contributed by atoms with E-state index in [1.807, 2.05) is 14.2 Å². The van der Waals surface area contributed by atoms with Gasteiger partial charge in [-0.15, -0.1) is 0 Å². The maximum Gasteiger partial charge on any atom is 0.106 e. The van der Waals surface area contributed by atoms with Gasteiger partial charge in [0, 0.05) is 12.0 Å². The van der Waals surface area contributed by atoms with E-state index in [2.05, 4.69) is 49.9 Å². The number of likely N-dealkylation sites (tertiary alicyclic amines) is 1. The number of nitrogens with zero attached hydrogens (tertiary/aromatic N) is 2. The Morgan fingerprint density at radius 2 is 1.47 bits per heavy atom. The molecule has 1 fully saturated rings. The first kappa shape index (κ1) is 25.3. The van der Waals surface area contributed by atoms with Crippen molar-refractivity contribution in [1.82, 2.24) is 9.80 Å². The standard InChI is InChI=1S/C26H48N2O2/c1-7-9-11-14-26(15-12-10-8-2)23(29-5)20-25(21-24(26)30-6)16-19-28(22-25)18-13-17-27(3)4/h20-21H,7-19,22H2,1-6H3. The molecule has 4 nitrogen and oxygen atoms in total. The smallest absolute Gasteiger partial charge is 0.106 e. The molecular formula is C26H48N2O2. The molecule has 1 spiro atoms. The summed E-state index contributed by atoms with van der Waals surface area (Å²) in [5.41, 5.74) is -0.00868. The van der Waals surface area contributed by atoms with Crippen LogP contribution in [0.1, 0.15) is 78.1 Å². The molecule has 2 aliphatic rings. The van der Waals surface area contributed by atoms with Gasteiger partial charge in [-0.2, -0.15) is 0 Å². The highest BCUT2D eigenvalue weighted by Gasteiger charge is 2.48. The number of unbranched alkanes of at least 4 members (excludes halogenated alkanes) is 4. The highest BCUT2D eigenvalue weighted by Crippen LogP contribution is 2.53. The number of hydrogen-bond acceptors (Lipinski definition) is 4. The maximum atomic E-state index is 6.15. The average molecular weight is 421 g/mol. The Hall–Kier alpha value is -1.00. The second-order valence-electron chi connectivity index (χ2n) is 9.84. The third-order valence-corrected chi connectivity index (χ3v) is 7.13. The fourth-order valence-electron chi connectivity index (χ4n) is 5.42. The third-order valence-electron chi connectivity index (χ3n) is 7.13. The lowest BCUT2D eigenvalue weighted by Gasteiger charge is -2.43. The van der Waals surface area contributed by atoms with Crippen molar-refractivity contribution in [1.29, 1.82) is 0 Å². The average Bonchev–Trinajstić information content (AvgIpc) is 3.11. The van der Waals surface area contributed by atoms with E-state index in [1.54, 1.807) is 0 Å². The van der Waals surface area contributed by atoms with E-state index < -0.39 is 0 Å². The molecule has 1 aliphatic heterocycles. The fraction of sp³-hybridized carbons (Fsp3) is 0.846. The van der Waals surface area contributed by atoms with E-state index in [-0.39, 0.29) is 10.8 Å². The molecule has 0 aromatic heterocycles. The van der Waals surface area contributed by atoms with Crippen LogP contribution in [-0.2, 0) is 9.47 Å². The second-order valence-corrected chi connectivity index (χ2v) is 9.84. The van der Waals surface area contributed by atoms with Crippen LogP contribution in [0.4, 0.5) is 0 Å². The zero-order valence-electron chi connectivity index (χ0n) is 20.8. The van der Waals surface area contributed by atoms with Crippen LogP contribution in [0.3, 0.4) is 0 Å². The molecule has 4 heteroatoms. The van der Waals surface area contributed by atoms with Gasteiger partial charge >= 0.3 is 0 Å². The van der Waals surface area contributed by atoms with Gasteiger partial charge in [0.1, 0.15) is 11.5 Å². The van der Waals surface area contributed by atoms with E-state index in [9.17, 15) is 0 Å². The van der Waals surface area contributed by atoms with E-state index >= 15 is 0 Å². The van der Waals surface area contributed by atoms with Crippen LogP contribution < -0.4 is 0 Å². The van der Waals surface area contributed by atoms with Crippen LogP contribution in [0.5, 0.6) is 0 Å². The van der Waals surface area contributed by atoms with Crippen LogP contribution in [0.15, 0.2) is 23.7 Å². The monoisotopic (exact) mass is 420 g/mol. The Morgan fingerprint density at radius 1 is 0.900 bits per heavy atom. The topological polar surface area (TPSA) is 24.9 Å². The Kier molecular flexibility index (Phi) is 10.2. The summed E-state index contributed by atoms with van der Waals surface area (Å²) < 4.78 is 12.3. The number of ether oxygens (including phenoxy) is 2. The van der Waals surface area contributed by atoms with Crippen LogP contribution in [-0.4, -0.2) is 64.3 Å². The molecule has 1 heterocycles. The first-order chi connectivity index (χ1) is 14.4. The molecule has 0 N–H and O–H groups in total. The van der Waals surface area contributed by atoms with Crippen molar-refractivity contribution in [2.24, 2.45) is 10.8 Å². The van der Waals surface area contributed by atoms with Crippen molar-refractivity contribution in [2.45, 2.75) is 78.1 Å². The molecule has 174 valence electrons. The van der Waals surface area contributed by atoms with Gasteiger partial charge in [0.05, 0.1) is 19.6 Å². The van der Waals surface area contributed by atoms with Crippen LogP contribution >= 0.6 is 0 Å². The van der Waals surface area contributed by atoms with E-state index in [0.29, 0.717) is 0 Å². The van der Waals surface area contributed by atoms with Crippen LogP contribution in [0.2, 0.25) is 0 Å². The summed E-state index contributed by atoms with van der Waals surface area (Å²) in [5, 5.41) is 0. The predicted octanol–water partition coefficient (Wildman–Crippen LogP) is 5.85. The first-order valence-corrected chi connectivity index (χ1v) is 12.4. The summed E-state index contributed by atoms with van der Waals surface area (Å²) in [7, 11) is 8.06. The Bertz CT molecular complexity index is 533. The molecular weight excluding hydrogens is 372 g/mol. The van der Waals surface area contributed by atoms with Crippen molar-refractivity contribution < 1.29 is 9.47 Å². The molecule has 0 bridgehead atoms. The summed E-state index contributed by atoms with van der Waals surface area (Å²) in [4.78, 5) is 4.90. The molecule has 0 atom stereocenters. The van der Waals surface area contributed by atoms with Gasteiger partial charge in [0.2, 0.25) is 0 Å². The van der Waals surface area contributed by atoms with Crippen molar-refractivity contribution in [3.05, 3.63) is 23.7 Å². The first-order valence-electron chi connectivity index (χ1n) is 12.4. The maximum absolute atomic E-state index is 6.15. The lowest BCUT2D eigenvalue weighted by atomic mass is 9.67. The van der Waals surface area contributed by atoms with Crippen molar-refractivity contribution in [2.75, 3.05) is 54.5 Å². The van der Waals surface area contributed by atoms with Crippen LogP contribution in [0.25, 0.3) is 0 Å². The van der Waals surface area contributed by atoms with Crippen molar-refractivity contribution in [3.63, 3.8) is 0 Å². The van der Waals surface area contributed by atoms with E-state index in [1.165, 1.54) is 63.0 Å². The van der Waals surface area contributed by atoms with E-state index in [0.717, 1.165) is 38.9 Å². The normalized spacial score (nSPS) is 20.5. The minimum atomic E-state index is -0.0720. The van der Waals surface area contributed by atoms with Gasteiger partial charge < -0.3 is 19.3 Å².